The fourth-order valence-electron chi connectivity index (χ4n) is 2.40. The number of hydrogen-bond acceptors (Lipinski definition) is 3. The zero-order valence-electron chi connectivity index (χ0n) is 10.7. The standard InChI is InChI=1S/C14H20ClNO2/c1-17-13-6-5-11(15)8-10(13)9-12(16)14-4-2-3-7-18-14/h5-6,8,12,14H,2-4,7,9,16H2,1H3. The summed E-state index contributed by atoms with van der Waals surface area (Å²) in [4.78, 5) is 0. The van der Waals surface area contributed by atoms with E-state index in [-0.39, 0.29) is 12.1 Å². The van der Waals surface area contributed by atoms with Gasteiger partial charge in [-0.15, -0.1) is 0 Å². The van der Waals surface area contributed by atoms with Gasteiger partial charge < -0.3 is 15.2 Å². The summed E-state index contributed by atoms with van der Waals surface area (Å²) < 4.78 is 11.1. The molecule has 1 fully saturated rings. The number of benzene rings is 1. The van der Waals surface area contributed by atoms with E-state index >= 15 is 0 Å². The Labute approximate surface area is 113 Å². The zero-order chi connectivity index (χ0) is 13.0. The van der Waals surface area contributed by atoms with E-state index < -0.39 is 0 Å². The first kappa shape index (κ1) is 13.7. The summed E-state index contributed by atoms with van der Waals surface area (Å²) in [5.41, 5.74) is 7.28. The predicted octanol–water partition coefficient (Wildman–Crippen LogP) is 2.79. The van der Waals surface area contributed by atoms with Crippen LogP contribution in [0.5, 0.6) is 5.75 Å². The summed E-state index contributed by atoms with van der Waals surface area (Å²) in [6.45, 7) is 0.824. The van der Waals surface area contributed by atoms with Crippen molar-refractivity contribution < 1.29 is 9.47 Å². The average molecular weight is 270 g/mol. The largest absolute Gasteiger partial charge is 0.496 e. The van der Waals surface area contributed by atoms with Crippen LogP contribution in [0.3, 0.4) is 0 Å². The lowest BCUT2D eigenvalue weighted by atomic mass is 9.96. The molecule has 3 nitrogen and oxygen atoms in total. The van der Waals surface area contributed by atoms with Gasteiger partial charge in [-0.2, -0.15) is 0 Å². The lowest BCUT2D eigenvalue weighted by Crippen LogP contribution is -2.40. The molecule has 1 saturated heterocycles. The molecule has 2 atom stereocenters. The highest BCUT2D eigenvalue weighted by molar-refractivity contribution is 6.30. The van der Waals surface area contributed by atoms with Crippen molar-refractivity contribution in [2.75, 3.05) is 13.7 Å². The Balaban J connectivity index is 2.05. The van der Waals surface area contributed by atoms with E-state index in [1.807, 2.05) is 18.2 Å². The van der Waals surface area contributed by atoms with Gasteiger partial charge in [-0.05, 0) is 49.4 Å². The van der Waals surface area contributed by atoms with E-state index in [4.69, 9.17) is 26.8 Å². The van der Waals surface area contributed by atoms with Gasteiger partial charge in [0.2, 0.25) is 0 Å². The third-order valence-electron chi connectivity index (χ3n) is 3.39. The summed E-state index contributed by atoms with van der Waals surface area (Å²) >= 11 is 6.02. The van der Waals surface area contributed by atoms with Crippen LogP contribution >= 0.6 is 11.6 Å². The quantitative estimate of drug-likeness (QED) is 0.914. The molecular weight excluding hydrogens is 250 g/mol. The van der Waals surface area contributed by atoms with Crippen LogP contribution in [0.2, 0.25) is 5.02 Å². The van der Waals surface area contributed by atoms with Crippen LogP contribution in [0.25, 0.3) is 0 Å². The summed E-state index contributed by atoms with van der Waals surface area (Å²) in [6.07, 6.45) is 4.27. The second-order valence-corrected chi connectivity index (χ2v) is 5.17. The van der Waals surface area contributed by atoms with Crippen molar-refractivity contribution in [1.29, 1.82) is 0 Å². The van der Waals surface area contributed by atoms with Crippen molar-refractivity contribution in [2.24, 2.45) is 5.73 Å². The van der Waals surface area contributed by atoms with Gasteiger partial charge >= 0.3 is 0 Å². The molecule has 2 N–H and O–H groups in total. The van der Waals surface area contributed by atoms with Crippen molar-refractivity contribution in [3.63, 3.8) is 0 Å². The molecule has 1 aliphatic heterocycles. The highest BCUT2D eigenvalue weighted by Gasteiger charge is 2.22. The van der Waals surface area contributed by atoms with Gasteiger partial charge in [0.25, 0.3) is 0 Å². The Morgan fingerprint density at radius 3 is 3.00 bits per heavy atom. The molecule has 2 unspecified atom stereocenters. The van der Waals surface area contributed by atoms with Gasteiger partial charge in [0.05, 0.1) is 13.2 Å². The molecule has 1 heterocycles. The van der Waals surface area contributed by atoms with Crippen LogP contribution in [0.15, 0.2) is 18.2 Å². The SMILES string of the molecule is COc1ccc(Cl)cc1CC(N)C1CCCCO1. The van der Waals surface area contributed by atoms with E-state index in [1.54, 1.807) is 7.11 Å². The maximum atomic E-state index is 6.23. The molecule has 2 rings (SSSR count). The van der Waals surface area contributed by atoms with Gasteiger partial charge in [0.1, 0.15) is 5.75 Å². The average Bonchev–Trinajstić information content (AvgIpc) is 2.40. The fourth-order valence-corrected chi connectivity index (χ4v) is 2.59. The normalized spacial score (nSPS) is 21.6. The van der Waals surface area contributed by atoms with Crippen LogP contribution in [0.1, 0.15) is 24.8 Å². The van der Waals surface area contributed by atoms with Gasteiger partial charge in [0.15, 0.2) is 0 Å². The monoisotopic (exact) mass is 269 g/mol. The smallest absolute Gasteiger partial charge is 0.122 e. The maximum Gasteiger partial charge on any atom is 0.122 e. The Morgan fingerprint density at radius 2 is 2.33 bits per heavy atom. The minimum atomic E-state index is -0.00216. The first-order chi connectivity index (χ1) is 8.70. The lowest BCUT2D eigenvalue weighted by Gasteiger charge is -2.28. The van der Waals surface area contributed by atoms with E-state index in [9.17, 15) is 0 Å². The molecule has 0 aliphatic carbocycles. The molecule has 1 aromatic rings. The molecule has 100 valence electrons. The van der Waals surface area contributed by atoms with Crippen molar-refractivity contribution in [3.05, 3.63) is 28.8 Å². The highest BCUT2D eigenvalue weighted by Crippen LogP contribution is 2.25. The van der Waals surface area contributed by atoms with Crippen LogP contribution < -0.4 is 10.5 Å². The van der Waals surface area contributed by atoms with Gasteiger partial charge in [-0.1, -0.05) is 11.6 Å². The van der Waals surface area contributed by atoms with Crippen LogP contribution in [0, 0.1) is 0 Å². The molecule has 0 spiro atoms. The Hall–Kier alpha value is -0.770. The molecule has 0 saturated carbocycles. The van der Waals surface area contributed by atoms with Crippen molar-refractivity contribution in [1.82, 2.24) is 0 Å². The number of nitrogens with two attached hydrogens (primary N) is 1. The maximum absolute atomic E-state index is 6.23. The summed E-state index contributed by atoms with van der Waals surface area (Å²) in [5.74, 6) is 0.839. The second-order valence-electron chi connectivity index (χ2n) is 4.73. The summed E-state index contributed by atoms with van der Waals surface area (Å²) in [6, 6.07) is 5.62. The first-order valence-electron chi connectivity index (χ1n) is 6.40. The molecular formula is C14H20ClNO2. The van der Waals surface area contributed by atoms with Crippen molar-refractivity contribution in [2.45, 2.75) is 37.8 Å². The number of rotatable bonds is 4. The minimum Gasteiger partial charge on any atom is -0.496 e. The highest BCUT2D eigenvalue weighted by atomic mass is 35.5. The fraction of sp³-hybridized carbons (Fsp3) is 0.571. The van der Waals surface area contributed by atoms with E-state index in [0.717, 1.165) is 37.2 Å². The Morgan fingerprint density at radius 1 is 1.50 bits per heavy atom. The topological polar surface area (TPSA) is 44.5 Å². The zero-order valence-corrected chi connectivity index (χ0v) is 11.5. The molecule has 1 aliphatic rings. The summed E-state index contributed by atoms with van der Waals surface area (Å²) in [7, 11) is 1.66. The number of hydrogen-bond donors (Lipinski definition) is 1. The molecule has 18 heavy (non-hydrogen) atoms. The summed E-state index contributed by atoms with van der Waals surface area (Å²) in [5, 5.41) is 0.711. The van der Waals surface area contributed by atoms with Gasteiger partial charge in [-0.3, -0.25) is 0 Å². The molecule has 0 bridgehead atoms. The predicted molar refractivity (Wildman–Crippen MR) is 73.3 cm³/mol. The van der Waals surface area contributed by atoms with Gasteiger partial charge in [-0.25, -0.2) is 0 Å². The third-order valence-corrected chi connectivity index (χ3v) is 3.63. The minimum absolute atomic E-state index is 0.00216. The molecule has 0 radical (unpaired) electrons. The van der Waals surface area contributed by atoms with Crippen LogP contribution in [-0.4, -0.2) is 25.9 Å². The number of halogens is 1. The number of ether oxygens (including phenoxy) is 2. The lowest BCUT2D eigenvalue weighted by molar-refractivity contribution is 0.000558. The number of methoxy groups -OCH3 is 1. The van der Waals surface area contributed by atoms with E-state index in [0.29, 0.717) is 5.02 Å². The van der Waals surface area contributed by atoms with Crippen LogP contribution in [-0.2, 0) is 11.2 Å². The van der Waals surface area contributed by atoms with Crippen molar-refractivity contribution >= 4 is 11.6 Å². The first-order valence-corrected chi connectivity index (χ1v) is 6.78. The molecule has 1 aromatic carbocycles. The van der Waals surface area contributed by atoms with E-state index in [2.05, 4.69) is 0 Å². The van der Waals surface area contributed by atoms with Crippen LogP contribution in [0.4, 0.5) is 0 Å². The van der Waals surface area contributed by atoms with E-state index in [1.165, 1.54) is 6.42 Å². The molecule has 0 amide bonds. The molecule has 0 aromatic heterocycles. The Bertz CT molecular complexity index is 391. The van der Waals surface area contributed by atoms with Crippen molar-refractivity contribution in [3.8, 4) is 5.75 Å². The third kappa shape index (κ3) is 3.37. The van der Waals surface area contributed by atoms with Gasteiger partial charge in [0, 0.05) is 17.7 Å². The molecule has 4 heteroatoms. The second kappa shape index (κ2) is 6.41. The Kier molecular flexibility index (Phi) is 4.87.